The van der Waals surface area contributed by atoms with E-state index >= 15 is 0 Å². The molecule has 2 heterocycles. The molecule has 1 atom stereocenters. The van der Waals surface area contributed by atoms with Crippen molar-refractivity contribution in [3.05, 3.63) is 71.1 Å². The summed E-state index contributed by atoms with van der Waals surface area (Å²) in [6.07, 6.45) is 1.68. The molecule has 1 saturated heterocycles. The molecule has 6 nitrogen and oxygen atoms in total. The van der Waals surface area contributed by atoms with E-state index in [9.17, 15) is 4.79 Å². The number of carbonyl (C=O) groups is 1. The first kappa shape index (κ1) is 21.2. The normalized spacial score (nSPS) is 16.2. The molecule has 3 aromatic rings. The van der Waals surface area contributed by atoms with Crippen molar-refractivity contribution in [2.24, 2.45) is 5.92 Å². The van der Waals surface area contributed by atoms with E-state index < -0.39 is 0 Å². The van der Waals surface area contributed by atoms with Crippen molar-refractivity contribution in [2.75, 3.05) is 13.1 Å². The third-order valence-electron chi connectivity index (χ3n) is 6.03. The van der Waals surface area contributed by atoms with Crippen molar-refractivity contribution in [3.63, 3.8) is 0 Å². The van der Waals surface area contributed by atoms with Crippen LogP contribution in [0.5, 0.6) is 0 Å². The summed E-state index contributed by atoms with van der Waals surface area (Å²) in [5, 5.41) is 7.29. The lowest BCUT2D eigenvalue weighted by molar-refractivity contribution is -0.127. The summed E-state index contributed by atoms with van der Waals surface area (Å²) in [7, 11) is 0. The van der Waals surface area contributed by atoms with Crippen molar-refractivity contribution >= 4 is 5.91 Å². The third-order valence-corrected chi connectivity index (χ3v) is 6.03. The van der Waals surface area contributed by atoms with E-state index in [0.717, 1.165) is 37.1 Å². The fourth-order valence-electron chi connectivity index (χ4n) is 3.95. The van der Waals surface area contributed by atoms with Crippen LogP contribution >= 0.6 is 0 Å². The van der Waals surface area contributed by atoms with Crippen LogP contribution < -0.4 is 5.32 Å². The van der Waals surface area contributed by atoms with E-state index in [-0.39, 0.29) is 17.9 Å². The van der Waals surface area contributed by atoms with Crippen LogP contribution in [0.25, 0.3) is 11.4 Å². The minimum atomic E-state index is 0.0183. The Morgan fingerprint density at radius 1 is 1.06 bits per heavy atom. The molecule has 0 radical (unpaired) electrons. The second-order valence-corrected chi connectivity index (χ2v) is 8.57. The standard InChI is InChI=1S/C25H30N4O2/c1-17-4-8-20(9-5-17)19(3)26-25(30)22-12-14-29(15-13-22)16-23-27-24(28-31-23)21-10-6-18(2)7-11-21/h4-11,19,22H,12-16H2,1-3H3,(H,26,30). The van der Waals surface area contributed by atoms with Crippen LogP contribution in [0.4, 0.5) is 0 Å². The molecule has 0 spiro atoms. The number of likely N-dealkylation sites (tertiary alicyclic amines) is 1. The molecule has 162 valence electrons. The van der Waals surface area contributed by atoms with Gasteiger partial charge in [-0.15, -0.1) is 0 Å². The Kier molecular flexibility index (Phi) is 6.47. The molecule has 1 aromatic heterocycles. The second kappa shape index (κ2) is 9.43. The van der Waals surface area contributed by atoms with Gasteiger partial charge in [-0.05, 0) is 52.3 Å². The van der Waals surface area contributed by atoms with Crippen molar-refractivity contribution in [2.45, 2.75) is 46.2 Å². The van der Waals surface area contributed by atoms with Gasteiger partial charge < -0.3 is 9.84 Å². The first-order valence-corrected chi connectivity index (χ1v) is 11.0. The van der Waals surface area contributed by atoms with Crippen LogP contribution in [0.1, 0.15) is 48.4 Å². The zero-order valence-electron chi connectivity index (χ0n) is 18.5. The smallest absolute Gasteiger partial charge is 0.241 e. The molecule has 6 heteroatoms. The topological polar surface area (TPSA) is 71.3 Å². The van der Waals surface area contributed by atoms with E-state index in [2.05, 4.69) is 58.5 Å². The second-order valence-electron chi connectivity index (χ2n) is 8.57. The van der Waals surface area contributed by atoms with E-state index in [1.54, 1.807) is 0 Å². The Bertz CT molecular complexity index is 1000. The molecule has 0 aliphatic carbocycles. The average molecular weight is 419 g/mol. The molecule has 1 aliphatic rings. The molecular formula is C25H30N4O2. The van der Waals surface area contributed by atoms with Gasteiger partial charge in [-0.1, -0.05) is 64.8 Å². The predicted octanol–water partition coefficient (Wildman–Crippen LogP) is 4.44. The lowest BCUT2D eigenvalue weighted by Crippen LogP contribution is -2.40. The van der Waals surface area contributed by atoms with Gasteiger partial charge in [-0.25, -0.2) is 0 Å². The molecule has 1 fully saturated rings. The van der Waals surface area contributed by atoms with Gasteiger partial charge >= 0.3 is 0 Å². The van der Waals surface area contributed by atoms with Gasteiger partial charge in [-0.2, -0.15) is 4.98 Å². The summed E-state index contributed by atoms with van der Waals surface area (Å²) in [6, 6.07) is 16.4. The predicted molar refractivity (Wildman–Crippen MR) is 120 cm³/mol. The zero-order chi connectivity index (χ0) is 21.8. The Morgan fingerprint density at radius 3 is 2.32 bits per heavy atom. The van der Waals surface area contributed by atoms with Crippen LogP contribution in [0.2, 0.25) is 0 Å². The number of piperidine rings is 1. The third kappa shape index (κ3) is 5.39. The number of carbonyl (C=O) groups excluding carboxylic acids is 1. The van der Waals surface area contributed by atoms with Crippen molar-refractivity contribution in [1.82, 2.24) is 20.4 Å². The van der Waals surface area contributed by atoms with Crippen molar-refractivity contribution < 1.29 is 9.32 Å². The summed E-state index contributed by atoms with van der Waals surface area (Å²) in [6.45, 7) is 8.47. The van der Waals surface area contributed by atoms with E-state index in [1.165, 1.54) is 11.1 Å². The quantitative estimate of drug-likeness (QED) is 0.641. The number of nitrogens with zero attached hydrogens (tertiary/aromatic N) is 3. The van der Waals surface area contributed by atoms with Gasteiger partial charge in [0.15, 0.2) is 0 Å². The average Bonchev–Trinajstić information content (AvgIpc) is 3.23. The number of benzene rings is 2. The Morgan fingerprint density at radius 2 is 1.68 bits per heavy atom. The van der Waals surface area contributed by atoms with E-state index in [1.807, 2.05) is 31.2 Å². The van der Waals surface area contributed by atoms with E-state index in [4.69, 9.17) is 4.52 Å². The fourth-order valence-corrected chi connectivity index (χ4v) is 3.95. The molecule has 0 bridgehead atoms. The summed E-state index contributed by atoms with van der Waals surface area (Å²) in [5.74, 6) is 1.43. The maximum atomic E-state index is 12.7. The van der Waals surface area contributed by atoms with Crippen LogP contribution in [-0.4, -0.2) is 34.0 Å². The fraction of sp³-hybridized carbons (Fsp3) is 0.400. The zero-order valence-corrected chi connectivity index (χ0v) is 18.5. The highest BCUT2D eigenvalue weighted by atomic mass is 16.5. The molecule has 1 N–H and O–H groups in total. The molecule has 1 amide bonds. The molecule has 0 saturated carbocycles. The van der Waals surface area contributed by atoms with Gasteiger partial charge in [0, 0.05) is 11.5 Å². The maximum absolute atomic E-state index is 12.7. The van der Waals surface area contributed by atoms with Gasteiger partial charge in [0.25, 0.3) is 0 Å². The Labute approximate surface area is 183 Å². The molecule has 1 aliphatic heterocycles. The highest BCUT2D eigenvalue weighted by molar-refractivity contribution is 5.79. The maximum Gasteiger partial charge on any atom is 0.241 e. The van der Waals surface area contributed by atoms with Gasteiger partial charge in [-0.3, -0.25) is 9.69 Å². The molecule has 2 aromatic carbocycles. The lowest BCUT2D eigenvalue weighted by Gasteiger charge is -2.30. The lowest BCUT2D eigenvalue weighted by atomic mass is 9.95. The number of hydrogen-bond acceptors (Lipinski definition) is 5. The van der Waals surface area contributed by atoms with Crippen molar-refractivity contribution in [1.29, 1.82) is 0 Å². The number of nitrogens with one attached hydrogen (secondary N) is 1. The minimum Gasteiger partial charge on any atom is -0.349 e. The minimum absolute atomic E-state index is 0.0183. The number of hydrogen-bond donors (Lipinski definition) is 1. The summed E-state index contributed by atoms with van der Waals surface area (Å²) in [4.78, 5) is 19.5. The number of aryl methyl sites for hydroxylation is 2. The van der Waals surface area contributed by atoms with Crippen LogP contribution in [0, 0.1) is 19.8 Å². The van der Waals surface area contributed by atoms with Gasteiger partial charge in [0.05, 0.1) is 12.6 Å². The summed E-state index contributed by atoms with van der Waals surface area (Å²) >= 11 is 0. The summed E-state index contributed by atoms with van der Waals surface area (Å²) in [5.41, 5.74) is 4.52. The molecule has 4 rings (SSSR count). The van der Waals surface area contributed by atoms with Crippen LogP contribution in [0.15, 0.2) is 53.1 Å². The first-order valence-electron chi connectivity index (χ1n) is 11.0. The van der Waals surface area contributed by atoms with Gasteiger partial charge in [0.1, 0.15) is 0 Å². The number of rotatable bonds is 6. The number of amides is 1. The highest BCUT2D eigenvalue weighted by Crippen LogP contribution is 2.22. The molecule has 31 heavy (non-hydrogen) atoms. The van der Waals surface area contributed by atoms with E-state index in [0.29, 0.717) is 18.3 Å². The molecule has 1 unspecified atom stereocenters. The van der Waals surface area contributed by atoms with Crippen LogP contribution in [0.3, 0.4) is 0 Å². The Balaban J connectivity index is 1.26. The number of aromatic nitrogens is 2. The molecular weight excluding hydrogens is 388 g/mol. The highest BCUT2D eigenvalue weighted by Gasteiger charge is 2.27. The van der Waals surface area contributed by atoms with Crippen LogP contribution in [-0.2, 0) is 11.3 Å². The van der Waals surface area contributed by atoms with Gasteiger partial charge in [0.2, 0.25) is 17.6 Å². The largest absolute Gasteiger partial charge is 0.349 e. The Hall–Kier alpha value is -2.99. The monoisotopic (exact) mass is 418 g/mol. The van der Waals surface area contributed by atoms with Crippen molar-refractivity contribution in [3.8, 4) is 11.4 Å². The summed E-state index contributed by atoms with van der Waals surface area (Å²) < 4.78 is 5.45. The SMILES string of the molecule is Cc1ccc(-c2noc(CN3CCC(C(=O)NC(C)c4ccc(C)cc4)CC3)n2)cc1. The first-order chi connectivity index (χ1) is 15.0.